The first-order valence-electron chi connectivity index (χ1n) is 8.79. The molecule has 0 atom stereocenters. The largest absolute Gasteiger partial charge is 0.351 e. The lowest BCUT2D eigenvalue weighted by atomic mass is 9.92. The Balaban J connectivity index is 1.60. The maximum Gasteiger partial charge on any atom is 0.211 e. The van der Waals surface area contributed by atoms with Gasteiger partial charge in [0.2, 0.25) is 11.6 Å². The monoisotopic (exact) mass is 403 g/mol. The summed E-state index contributed by atoms with van der Waals surface area (Å²) in [5, 5.41) is 2.73. The number of benzene rings is 2. The van der Waals surface area contributed by atoms with Crippen molar-refractivity contribution in [3.63, 3.8) is 0 Å². The van der Waals surface area contributed by atoms with Gasteiger partial charge in [0, 0.05) is 34.8 Å². The van der Waals surface area contributed by atoms with Crippen molar-refractivity contribution in [2.45, 2.75) is 6.42 Å². The number of nitrogens with one attached hydrogen (secondary N) is 1. The minimum atomic E-state index is -0.419. The van der Waals surface area contributed by atoms with E-state index in [2.05, 4.69) is 15.3 Å². The average Bonchev–Trinajstić information content (AvgIpc) is 2.76. The third kappa shape index (κ3) is 3.70. The zero-order valence-corrected chi connectivity index (χ0v) is 15.8. The molecule has 2 aromatic carbocycles. The molecule has 0 spiro atoms. The molecular formula is C22H14ClN3O3. The standard InChI is InChI=1S/C22H14ClN3O3/c23-19-20(22(29)16-8-2-1-7-15(16)21(19)28)26-14-6-3-5-13(11-14)17(27)12-18-24-9-4-10-25-18/h1-11,26H,12H2. The fourth-order valence-corrected chi connectivity index (χ4v) is 3.27. The fourth-order valence-electron chi connectivity index (χ4n) is 3.04. The number of carbonyl (C=O) groups excluding carboxylic acids is 3. The second-order valence-corrected chi connectivity index (χ2v) is 6.74. The van der Waals surface area contributed by atoms with Crippen LogP contribution in [0.25, 0.3) is 0 Å². The minimum Gasteiger partial charge on any atom is -0.351 e. The number of nitrogens with zero attached hydrogens (tertiary/aromatic N) is 2. The van der Waals surface area contributed by atoms with E-state index in [-0.39, 0.29) is 39.8 Å². The average molecular weight is 404 g/mol. The molecule has 0 aliphatic heterocycles. The number of aromatic nitrogens is 2. The van der Waals surface area contributed by atoms with Crippen LogP contribution in [0, 0.1) is 0 Å². The minimum absolute atomic E-state index is 0.00800. The van der Waals surface area contributed by atoms with Crippen LogP contribution in [0.3, 0.4) is 0 Å². The zero-order chi connectivity index (χ0) is 20.4. The summed E-state index contributed by atoms with van der Waals surface area (Å²) in [6.07, 6.45) is 3.20. The molecule has 1 aromatic heterocycles. The third-order valence-electron chi connectivity index (χ3n) is 4.45. The summed E-state index contributed by atoms with van der Waals surface area (Å²) in [4.78, 5) is 45.9. The number of ketones is 3. The molecule has 1 aliphatic rings. The van der Waals surface area contributed by atoms with Crippen molar-refractivity contribution >= 4 is 34.6 Å². The molecule has 7 heteroatoms. The first-order chi connectivity index (χ1) is 14.0. The molecular weight excluding hydrogens is 390 g/mol. The van der Waals surface area contributed by atoms with Gasteiger partial charge < -0.3 is 5.32 Å². The maximum absolute atomic E-state index is 12.8. The van der Waals surface area contributed by atoms with Crippen LogP contribution in [0.5, 0.6) is 0 Å². The van der Waals surface area contributed by atoms with Crippen LogP contribution in [0.4, 0.5) is 5.69 Å². The van der Waals surface area contributed by atoms with Crippen molar-refractivity contribution in [3.05, 3.63) is 100 Å². The van der Waals surface area contributed by atoms with Gasteiger partial charge in [-0.3, -0.25) is 14.4 Å². The van der Waals surface area contributed by atoms with E-state index in [1.54, 1.807) is 67.0 Å². The van der Waals surface area contributed by atoms with E-state index in [4.69, 9.17) is 11.6 Å². The zero-order valence-electron chi connectivity index (χ0n) is 15.1. The summed E-state index contributed by atoms with van der Waals surface area (Å²) < 4.78 is 0. The van der Waals surface area contributed by atoms with Gasteiger partial charge >= 0.3 is 0 Å². The molecule has 0 unspecified atom stereocenters. The molecule has 3 aromatic rings. The smallest absolute Gasteiger partial charge is 0.211 e. The third-order valence-corrected chi connectivity index (χ3v) is 4.81. The molecule has 29 heavy (non-hydrogen) atoms. The Hall–Kier alpha value is -3.64. The molecule has 1 N–H and O–H groups in total. The van der Waals surface area contributed by atoms with Crippen LogP contribution in [0.1, 0.15) is 36.9 Å². The topological polar surface area (TPSA) is 89.0 Å². The number of Topliss-reactive ketones (excluding diaryl/α,β-unsaturated/α-hetero) is 3. The Morgan fingerprint density at radius 1 is 0.897 bits per heavy atom. The van der Waals surface area contributed by atoms with Crippen LogP contribution in [0.15, 0.2) is 77.7 Å². The Kier molecular flexibility index (Phi) is 5.01. The lowest BCUT2D eigenvalue weighted by molar-refractivity contribution is 0.0982. The summed E-state index contributed by atoms with van der Waals surface area (Å²) in [6.45, 7) is 0. The van der Waals surface area contributed by atoms with E-state index in [0.717, 1.165) is 0 Å². The van der Waals surface area contributed by atoms with Gasteiger partial charge in [0.15, 0.2) is 5.78 Å². The summed E-state index contributed by atoms with van der Waals surface area (Å²) in [7, 11) is 0. The molecule has 0 saturated heterocycles. The molecule has 0 fully saturated rings. The van der Waals surface area contributed by atoms with Crippen molar-refractivity contribution in [1.29, 1.82) is 0 Å². The van der Waals surface area contributed by atoms with Gasteiger partial charge in [0.25, 0.3) is 0 Å². The molecule has 1 heterocycles. The number of hydrogen-bond acceptors (Lipinski definition) is 6. The Morgan fingerprint density at radius 2 is 1.59 bits per heavy atom. The van der Waals surface area contributed by atoms with Gasteiger partial charge in [-0.2, -0.15) is 0 Å². The number of hydrogen-bond donors (Lipinski definition) is 1. The van der Waals surface area contributed by atoms with E-state index in [0.29, 0.717) is 17.1 Å². The van der Waals surface area contributed by atoms with Gasteiger partial charge in [-0.25, -0.2) is 9.97 Å². The predicted octanol–water partition coefficient (Wildman–Crippen LogP) is 3.84. The SMILES string of the molecule is O=C(Cc1ncccn1)c1cccc(NC2=C(Cl)C(=O)c3ccccc3C2=O)c1. The highest BCUT2D eigenvalue weighted by atomic mass is 35.5. The second-order valence-electron chi connectivity index (χ2n) is 6.36. The van der Waals surface area contributed by atoms with E-state index in [1.165, 1.54) is 0 Å². The predicted molar refractivity (Wildman–Crippen MR) is 108 cm³/mol. The van der Waals surface area contributed by atoms with Crippen molar-refractivity contribution in [2.75, 3.05) is 5.32 Å². The van der Waals surface area contributed by atoms with E-state index < -0.39 is 5.78 Å². The molecule has 142 valence electrons. The summed E-state index contributed by atoms with van der Waals surface area (Å²) >= 11 is 6.18. The van der Waals surface area contributed by atoms with Crippen LogP contribution >= 0.6 is 11.6 Å². The summed E-state index contributed by atoms with van der Waals surface area (Å²) in [5.41, 5.74) is 1.46. The van der Waals surface area contributed by atoms with Crippen LogP contribution in [-0.4, -0.2) is 27.3 Å². The van der Waals surface area contributed by atoms with Crippen LogP contribution < -0.4 is 5.32 Å². The Morgan fingerprint density at radius 3 is 2.31 bits per heavy atom. The van der Waals surface area contributed by atoms with Gasteiger partial charge in [-0.05, 0) is 18.2 Å². The van der Waals surface area contributed by atoms with Gasteiger partial charge in [0.1, 0.15) is 16.6 Å². The number of fused-ring (bicyclic) bond motifs is 1. The molecule has 4 rings (SSSR count). The number of anilines is 1. The Bertz CT molecular complexity index is 1170. The van der Waals surface area contributed by atoms with Crippen molar-refractivity contribution in [1.82, 2.24) is 9.97 Å². The normalized spacial score (nSPS) is 13.3. The van der Waals surface area contributed by atoms with E-state index in [9.17, 15) is 14.4 Å². The molecule has 0 saturated carbocycles. The summed E-state index contributed by atoms with van der Waals surface area (Å²) in [5.74, 6) is -0.542. The number of halogens is 1. The van der Waals surface area contributed by atoms with E-state index >= 15 is 0 Å². The first kappa shape index (κ1) is 18.7. The van der Waals surface area contributed by atoms with Gasteiger partial charge in [-0.1, -0.05) is 48.0 Å². The highest BCUT2D eigenvalue weighted by Crippen LogP contribution is 2.29. The molecule has 0 bridgehead atoms. The molecule has 0 amide bonds. The fraction of sp³-hybridized carbons (Fsp3) is 0.0455. The quantitative estimate of drug-likeness (QED) is 0.651. The number of carbonyl (C=O) groups is 3. The van der Waals surface area contributed by atoms with Crippen molar-refractivity contribution in [2.24, 2.45) is 0 Å². The van der Waals surface area contributed by atoms with Crippen molar-refractivity contribution < 1.29 is 14.4 Å². The van der Waals surface area contributed by atoms with Gasteiger partial charge in [-0.15, -0.1) is 0 Å². The van der Waals surface area contributed by atoms with Crippen LogP contribution in [-0.2, 0) is 6.42 Å². The first-order valence-corrected chi connectivity index (χ1v) is 9.17. The molecule has 6 nitrogen and oxygen atoms in total. The van der Waals surface area contributed by atoms with Crippen LogP contribution in [0.2, 0.25) is 0 Å². The van der Waals surface area contributed by atoms with Gasteiger partial charge in [0.05, 0.1) is 6.42 Å². The summed E-state index contributed by atoms with van der Waals surface area (Å²) in [6, 6.07) is 14.8. The lowest BCUT2D eigenvalue weighted by Gasteiger charge is -2.19. The molecule has 1 aliphatic carbocycles. The highest BCUT2D eigenvalue weighted by molar-refractivity contribution is 6.50. The van der Waals surface area contributed by atoms with Crippen molar-refractivity contribution in [3.8, 4) is 0 Å². The second kappa shape index (κ2) is 7.77. The number of rotatable bonds is 5. The maximum atomic E-state index is 12.8. The Labute approximate surface area is 171 Å². The molecule has 0 radical (unpaired) electrons. The lowest BCUT2D eigenvalue weighted by Crippen LogP contribution is -2.24. The number of allylic oxidation sites excluding steroid dienone is 2. The highest BCUT2D eigenvalue weighted by Gasteiger charge is 2.31. The van der Waals surface area contributed by atoms with E-state index in [1.807, 2.05) is 0 Å².